The van der Waals surface area contributed by atoms with Gasteiger partial charge in [-0.3, -0.25) is 19.8 Å². The van der Waals surface area contributed by atoms with Crippen LogP contribution in [0.5, 0.6) is 0 Å². The maximum absolute atomic E-state index is 12.6. The van der Waals surface area contributed by atoms with Gasteiger partial charge in [0.15, 0.2) is 0 Å². The number of rotatable bonds is 8. The molecule has 1 aromatic heterocycles. The number of aromatic nitrogens is 2. The van der Waals surface area contributed by atoms with Crippen LogP contribution in [0.15, 0.2) is 46.9 Å². The standard InChI is InChI=1S/C21H22ClN5O4/c1-13(2)26(11-19(28)23-18-6-4-5-17(22)14(18)3)12-20-24-25-21(31-20)15-7-9-16(10-8-15)27(29)30/h4-10,13H,11-12H2,1-3H3,(H,23,28). The summed E-state index contributed by atoms with van der Waals surface area (Å²) in [6.45, 7) is 6.17. The summed E-state index contributed by atoms with van der Waals surface area (Å²) in [5.41, 5.74) is 2.03. The van der Waals surface area contributed by atoms with Gasteiger partial charge in [0.2, 0.25) is 17.7 Å². The lowest BCUT2D eigenvalue weighted by Crippen LogP contribution is -2.37. The molecule has 0 aliphatic heterocycles. The molecule has 0 fully saturated rings. The second kappa shape index (κ2) is 9.67. The molecule has 0 atom stereocenters. The third-order valence-electron chi connectivity index (χ3n) is 4.75. The first kappa shape index (κ1) is 22.4. The summed E-state index contributed by atoms with van der Waals surface area (Å²) in [5.74, 6) is 0.413. The predicted molar refractivity (Wildman–Crippen MR) is 117 cm³/mol. The number of nitrogens with one attached hydrogen (secondary N) is 1. The summed E-state index contributed by atoms with van der Waals surface area (Å²) in [7, 11) is 0. The highest BCUT2D eigenvalue weighted by Gasteiger charge is 2.19. The van der Waals surface area contributed by atoms with E-state index in [1.165, 1.54) is 12.1 Å². The number of nitro groups is 1. The van der Waals surface area contributed by atoms with Crippen LogP contribution in [-0.4, -0.2) is 38.5 Å². The molecule has 1 amide bonds. The van der Waals surface area contributed by atoms with Gasteiger partial charge in [-0.2, -0.15) is 0 Å². The van der Waals surface area contributed by atoms with Gasteiger partial charge in [0.05, 0.1) is 18.0 Å². The molecule has 31 heavy (non-hydrogen) atoms. The van der Waals surface area contributed by atoms with Crippen LogP contribution in [0, 0.1) is 17.0 Å². The van der Waals surface area contributed by atoms with E-state index in [0.717, 1.165) is 5.56 Å². The Kier molecular flexibility index (Phi) is 6.98. The molecule has 0 aliphatic rings. The number of hydrogen-bond donors (Lipinski definition) is 1. The van der Waals surface area contributed by atoms with Crippen LogP contribution in [0.4, 0.5) is 11.4 Å². The number of hydrogen-bond acceptors (Lipinski definition) is 7. The molecule has 0 saturated heterocycles. The number of benzene rings is 2. The molecular formula is C21H22ClN5O4. The second-order valence-corrected chi connectivity index (χ2v) is 7.67. The quantitative estimate of drug-likeness (QED) is 0.403. The van der Waals surface area contributed by atoms with Gasteiger partial charge in [-0.05, 0) is 50.6 Å². The third-order valence-corrected chi connectivity index (χ3v) is 5.16. The molecule has 162 valence electrons. The van der Waals surface area contributed by atoms with Crippen molar-refractivity contribution in [3.05, 3.63) is 69.1 Å². The third kappa shape index (κ3) is 5.65. The molecule has 0 spiro atoms. The van der Waals surface area contributed by atoms with Gasteiger partial charge < -0.3 is 9.73 Å². The first-order chi connectivity index (χ1) is 14.7. The fourth-order valence-corrected chi connectivity index (χ4v) is 3.05. The van der Waals surface area contributed by atoms with Gasteiger partial charge >= 0.3 is 0 Å². The number of amides is 1. The van der Waals surface area contributed by atoms with Crippen molar-refractivity contribution < 1.29 is 14.1 Å². The van der Waals surface area contributed by atoms with Crippen molar-refractivity contribution in [1.29, 1.82) is 0 Å². The maximum Gasteiger partial charge on any atom is 0.269 e. The zero-order valence-electron chi connectivity index (χ0n) is 17.3. The first-order valence-corrected chi connectivity index (χ1v) is 9.98. The van der Waals surface area contributed by atoms with E-state index < -0.39 is 4.92 Å². The van der Waals surface area contributed by atoms with Crippen LogP contribution < -0.4 is 5.32 Å². The molecule has 0 saturated carbocycles. The predicted octanol–water partition coefficient (Wildman–Crippen LogP) is 4.46. The van der Waals surface area contributed by atoms with Gasteiger partial charge in [-0.1, -0.05) is 17.7 Å². The number of anilines is 1. The Labute approximate surface area is 184 Å². The summed E-state index contributed by atoms with van der Waals surface area (Å²) in [6.07, 6.45) is 0. The normalized spacial score (nSPS) is 11.2. The number of halogens is 1. The van der Waals surface area contributed by atoms with E-state index in [1.54, 1.807) is 30.3 Å². The Morgan fingerprint density at radius 2 is 1.94 bits per heavy atom. The number of non-ortho nitro benzene ring substituents is 1. The highest BCUT2D eigenvalue weighted by molar-refractivity contribution is 6.31. The topological polar surface area (TPSA) is 114 Å². The minimum atomic E-state index is -0.473. The van der Waals surface area contributed by atoms with E-state index in [9.17, 15) is 14.9 Å². The summed E-state index contributed by atoms with van der Waals surface area (Å²) in [5, 5.41) is 22.3. The lowest BCUT2D eigenvalue weighted by atomic mass is 10.2. The fourth-order valence-electron chi connectivity index (χ4n) is 2.87. The lowest BCUT2D eigenvalue weighted by Gasteiger charge is -2.24. The molecule has 1 heterocycles. The van der Waals surface area contributed by atoms with Gasteiger partial charge in [-0.25, -0.2) is 0 Å². The highest BCUT2D eigenvalue weighted by atomic mass is 35.5. The Hall–Kier alpha value is -3.30. The maximum atomic E-state index is 12.6. The van der Waals surface area contributed by atoms with Crippen molar-refractivity contribution in [1.82, 2.24) is 15.1 Å². The van der Waals surface area contributed by atoms with Crippen LogP contribution >= 0.6 is 11.6 Å². The molecule has 10 heteroatoms. The van der Waals surface area contributed by atoms with E-state index in [1.807, 2.05) is 25.7 Å². The van der Waals surface area contributed by atoms with E-state index in [2.05, 4.69) is 15.5 Å². The molecule has 0 radical (unpaired) electrons. The van der Waals surface area contributed by atoms with E-state index in [-0.39, 0.29) is 36.6 Å². The van der Waals surface area contributed by atoms with E-state index in [0.29, 0.717) is 22.2 Å². The van der Waals surface area contributed by atoms with Crippen molar-refractivity contribution in [3.63, 3.8) is 0 Å². The molecular weight excluding hydrogens is 422 g/mol. The fraction of sp³-hybridized carbons (Fsp3) is 0.286. The van der Waals surface area contributed by atoms with Crippen LogP contribution in [0.1, 0.15) is 25.3 Å². The van der Waals surface area contributed by atoms with E-state index in [4.69, 9.17) is 16.0 Å². The average molecular weight is 444 g/mol. The van der Waals surface area contributed by atoms with Crippen molar-refractivity contribution in [3.8, 4) is 11.5 Å². The molecule has 0 aliphatic carbocycles. The Morgan fingerprint density at radius 3 is 2.58 bits per heavy atom. The monoisotopic (exact) mass is 443 g/mol. The Morgan fingerprint density at radius 1 is 1.23 bits per heavy atom. The minimum Gasteiger partial charge on any atom is -0.419 e. The van der Waals surface area contributed by atoms with Crippen LogP contribution in [-0.2, 0) is 11.3 Å². The highest BCUT2D eigenvalue weighted by Crippen LogP contribution is 2.24. The van der Waals surface area contributed by atoms with Crippen LogP contribution in [0.2, 0.25) is 5.02 Å². The molecule has 2 aromatic carbocycles. The smallest absolute Gasteiger partial charge is 0.269 e. The summed E-state index contributed by atoms with van der Waals surface area (Å²) < 4.78 is 5.70. The minimum absolute atomic E-state index is 0.0181. The molecule has 3 rings (SSSR count). The summed E-state index contributed by atoms with van der Waals surface area (Å²) in [6, 6.07) is 11.2. The van der Waals surface area contributed by atoms with Crippen molar-refractivity contribution >= 4 is 28.9 Å². The number of carbonyl (C=O) groups is 1. The number of nitro benzene ring substituents is 1. The largest absolute Gasteiger partial charge is 0.419 e. The molecule has 0 bridgehead atoms. The van der Waals surface area contributed by atoms with Crippen molar-refractivity contribution in [2.45, 2.75) is 33.4 Å². The first-order valence-electron chi connectivity index (χ1n) is 9.61. The average Bonchev–Trinajstić information content (AvgIpc) is 3.19. The molecule has 0 unspecified atom stereocenters. The zero-order chi connectivity index (χ0) is 22.5. The molecule has 1 N–H and O–H groups in total. The van der Waals surface area contributed by atoms with E-state index >= 15 is 0 Å². The number of nitrogens with zero attached hydrogens (tertiary/aromatic N) is 4. The Balaban J connectivity index is 1.67. The van der Waals surface area contributed by atoms with Crippen molar-refractivity contribution in [2.75, 3.05) is 11.9 Å². The van der Waals surface area contributed by atoms with Gasteiger partial charge in [0.1, 0.15) is 0 Å². The van der Waals surface area contributed by atoms with Crippen LogP contribution in [0.25, 0.3) is 11.5 Å². The van der Waals surface area contributed by atoms with Gasteiger partial charge in [0.25, 0.3) is 5.69 Å². The number of carbonyl (C=O) groups excluding carboxylic acids is 1. The van der Waals surface area contributed by atoms with Crippen LogP contribution in [0.3, 0.4) is 0 Å². The SMILES string of the molecule is Cc1c(Cl)cccc1NC(=O)CN(Cc1nnc(-c2ccc([N+](=O)[O-])cc2)o1)C(C)C. The second-order valence-electron chi connectivity index (χ2n) is 7.26. The molecule has 3 aromatic rings. The zero-order valence-corrected chi connectivity index (χ0v) is 18.1. The van der Waals surface area contributed by atoms with Crippen molar-refractivity contribution in [2.24, 2.45) is 0 Å². The summed E-state index contributed by atoms with van der Waals surface area (Å²) in [4.78, 5) is 24.8. The van der Waals surface area contributed by atoms with Gasteiger partial charge in [-0.15, -0.1) is 10.2 Å². The summed E-state index contributed by atoms with van der Waals surface area (Å²) >= 11 is 6.12. The lowest BCUT2D eigenvalue weighted by molar-refractivity contribution is -0.384. The van der Waals surface area contributed by atoms with Gasteiger partial charge in [0, 0.05) is 34.4 Å². The Bertz CT molecular complexity index is 1080. The molecule has 9 nitrogen and oxygen atoms in total.